The molecule has 3 N–H and O–H groups in total. The zero-order valence-electron chi connectivity index (χ0n) is 11.3. The summed E-state index contributed by atoms with van der Waals surface area (Å²) in [6.45, 7) is -1.11. The van der Waals surface area contributed by atoms with E-state index in [9.17, 15) is 19.0 Å². The lowest BCUT2D eigenvalue weighted by atomic mass is 10.1. The Morgan fingerprint density at radius 3 is 2.57 bits per heavy atom. The summed E-state index contributed by atoms with van der Waals surface area (Å²) in [5.74, 6) is 0.112. The zero-order valence-corrected chi connectivity index (χ0v) is 11.3. The molecule has 0 bridgehead atoms. The van der Waals surface area contributed by atoms with Crippen LogP contribution in [0.5, 0.6) is 17.2 Å². The highest BCUT2D eigenvalue weighted by atomic mass is 19.3. The molecule has 0 spiro atoms. The molecule has 0 aliphatic rings. The third-order valence-electron chi connectivity index (χ3n) is 2.92. The lowest BCUT2D eigenvalue weighted by molar-refractivity contribution is -0.0498. The molecule has 2 aromatic carbocycles. The Hall–Kier alpha value is -2.50. The van der Waals surface area contributed by atoms with Crippen LogP contribution in [0.1, 0.15) is 18.5 Å². The van der Waals surface area contributed by atoms with E-state index in [1.807, 2.05) is 0 Å². The van der Waals surface area contributed by atoms with Gasteiger partial charge in [0.15, 0.2) is 0 Å². The van der Waals surface area contributed by atoms with Crippen molar-refractivity contribution < 1.29 is 23.7 Å². The average molecular weight is 295 g/mol. The minimum atomic E-state index is -2.88. The summed E-state index contributed by atoms with van der Waals surface area (Å²) in [5.41, 5.74) is 1.05. The molecule has 2 rings (SSSR count). The average Bonchev–Trinajstić information content (AvgIpc) is 2.41. The second-order valence-corrected chi connectivity index (χ2v) is 4.52. The Balaban J connectivity index is 2.15. The van der Waals surface area contributed by atoms with Gasteiger partial charge in [-0.25, -0.2) is 0 Å². The molecule has 1 atom stereocenters. The number of hydrogen-bond acceptors (Lipinski definition) is 4. The highest BCUT2D eigenvalue weighted by molar-refractivity contribution is 5.51. The van der Waals surface area contributed by atoms with Gasteiger partial charge in [-0.2, -0.15) is 8.78 Å². The smallest absolute Gasteiger partial charge is 0.387 e. The minimum Gasteiger partial charge on any atom is -0.508 e. The quantitative estimate of drug-likeness (QED) is 0.733. The predicted octanol–water partition coefficient (Wildman–Crippen LogP) is 3.87. The van der Waals surface area contributed by atoms with Crippen LogP contribution in [0.2, 0.25) is 0 Å². The standard InChI is InChI=1S/C15H15F2NO3/c1-9(13-8-11(19)5-6-14(13)20)18-10-3-2-4-12(7-10)21-15(16)17/h2-9,15,18-20H,1H3. The van der Waals surface area contributed by atoms with Crippen molar-refractivity contribution in [2.75, 3.05) is 5.32 Å². The van der Waals surface area contributed by atoms with E-state index in [1.54, 1.807) is 19.1 Å². The summed E-state index contributed by atoms with van der Waals surface area (Å²) in [4.78, 5) is 0. The molecule has 112 valence electrons. The van der Waals surface area contributed by atoms with E-state index in [-0.39, 0.29) is 23.3 Å². The predicted molar refractivity (Wildman–Crippen MR) is 74.9 cm³/mol. The van der Waals surface area contributed by atoms with Crippen molar-refractivity contribution in [3.05, 3.63) is 48.0 Å². The van der Waals surface area contributed by atoms with E-state index >= 15 is 0 Å². The molecule has 21 heavy (non-hydrogen) atoms. The Bertz CT molecular complexity index is 620. The SMILES string of the molecule is CC(Nc1cccc(OC(F)F)c1)c1cc(O)ccc1O. The first kappa shape index (κ1) is 14.9. The Kier molecular flexibility index (Phi) is 4.47. The summed E-state index contributed by atoms with van der Waals surface area (Å²) >= 11 is 0. The van der Waals surface area contributed by atoms with Crippen LogP contribution in [-0.2, 0) is 0 Å². The number of benzene rings is 2. The Morgan fingerprint density at radius 2 is 1.86 bits per heavy atom. The van der Waals surface area contributed by atoms with E-state index in [0.717, 1.165) is 0 Å². The second-order valence-electron chi connectivity index (χ2n) is 4.52. The van der Waals surface area contributed by atoms with Gasteiger partial charge in [0.2, 0.25) is 0 Å². The normalized spacial score (nSPS) is 12.2. The van der Waals surface area contributed by atoms with Crippen molar-refractivity contribution in [2.45, 2.75) is 19.6 Å². The number of alkyl halides is 2. The van der Waals surface area contributed by atoms with E-state index in [2.05, 4.69) is 10.1 Å². The molecule has 0 fully saturated rings. The fraction of sp³-hybridized carbons (Fsp3) is 0.200. The van der Waals surface area contributed by atoms with Gasteiger partial charge in [-0.15, -0.1) is 0 Å². The first-order valence-electron chi connectivity index (χ1n) is 6.29. The van der Waals surface area contributed by atoms with Crippen LogP contribution in [0.3, 0.4) is 0 Å². The van der Waals surface area contributed by atoms with Crippen LogP contribution in [0, 0.1) is 0 Å². The maximum atomic E-state index is 12.2. The Labute approximate surface area is 120 Å². The number of phenolic OH excluding ortho intramolecular Hbond substituents is 2. The molecule has 0 saturated heterocycles. The fourth-order valence-corrected chi connectivity index (χ4v) is 1.98. The van der Waals surface area contributed by atoms with Crippen molar-refractivity contribution in [1.29, 1.82) is 0 Å². The lowest BCUT2D eigenvalue weighted by Crippen LogP contribution is -2.07. The van der Waals surface area contributed by atoms with Crippen LogP contribution in [0.4, 0.5) is 14.5 Å². The second kappa shape index (κ2) is 6.30. The number of hydrogen-bond donors (Lipinski definition) is 3. The maximum Gasteiger partial charge on any atom is 0.387 e. The topological polar surface area (TPSA) is 61.7 Å². The molecule has 0 amide bonds. The summed E-state index contributed by atoms with van der Waals surface area (Å²) in [6, 6.07) is 9.99. The molecule has 0 saturated carbocycles. The van der Waals surface area contributed by atoms with Crippen LogP contribution in [0.25, 0.3) is 0 Å². The number of nitrogens with one attached hydrogen (secondary N) is 1. The zero-order chi connectivity index (χ0) is 15.4. The van der Waals surface area contributed by atoms with Gasteiger partial charge in [0, 0.05) is 17.3 Å². The van der Waals surface area contributed by atoms with Crippen LogP contribution in [-0.4, -0.2) is 16.8 Å². The fourth-order valence-electron chi connectivity index (χ4n) is 1.98. The molecule has 6 heteroatoms. The van der Waals surface area contributed by atoms with Gasteiger partial charge in [-0.3, -0.25) is 0 Å². The van der Waals surface area contributed by atoms with Gasteiger partial charge >= 0.3 is 6.61 Å². The number of ether oxygens (including phenoxy) is 1. The van der Waals surface area contributed by atoms with Crippen LogP contribution < -0.4 is 10.1 Å². The van der Waals surface area contributed by atoms with Gasteiger partial charge in [0.05, 0.1) is 6.04 Å². The number of rotatable bonds is 5. The molecule has 0 aliphatic carbocycles. The number of aromatic hydroxyl groups is 2. The number of phenols is 2. The van der Waals surface area contributed by atoms with Gasteiger partial charge in [0.1, 0.15) is 17.2 Å². The molecule has 0 radical (unpaired) electrons. The van der Waals surface area contributed by atoms with Crippen LogP contribution >= 0.6 is 0 Å². The van der Waals surface area contributed by atoms with E-state index in [4.69, 9.17) is 0 Å². The third-order valence-corrected chi connectivity index (χ3v) is 2.92. The molecule has 2 aromatic rings. The van der Waals surface area contributed by atoms with Gasteiger partial charge in [-0.1, -0.05) is 6.07 Å². The van der Waals surface area contributed by atoms with Crippen molar-refractivity contribution >= 4 is 5.69 Å². The summed E-state index contributed by atoms with van der Waals surface area (Å²) in [6.07, 6.45) is 0. The summed E-state index contributed by atoms with van der Waals surface area (Å²) < 4.78 is 28.7. The van der Waals surface area contributed by atoms with Crippen LogP contribution in [0.15, 0.2) is 42.5 Å². The van der Waals surface area contributed by atoms with Crippen molar-refractivity contribution in [3.8, 4) is 17.2 Å². The van der Waals surface area contributed by atoms with Crippen molar-refractivity contribution in [2.24, 2.45) is 0 Å². The van der Waals surface area contributed by atoms with E-state index in [0.29, 0.717) is 11.3 Å². The summed E-state index contributed by atoms with van der Waals surface area (Å²) in [7, 11) is 0. The Morgan fingerprint density at radius 1 is 1.10 bits per heavy atom. The molecule has 0 aromatic heterocycles. The molecular weight excluding hydrogens is 280 g/mol. The molecule has 4 nitrogen and oxygen atoms in total. The van der Waals surface area contributed by atoms with Gasteiger partial charge in [0.25, 0.3) is 0 Å². The molecule has 0 heterocycles. The largest absolute Gasteiger partial charge is 0.508 e. The molecule has 0 aliphatic heterocycles. The highest BCUT2D eigenvalue weighted by Gasteiger charge is 2.12. The summed E-state index contributed by atoms with van der Waals surface area (Å²) in [5, 5.41) is 22.3. The number of anilines is 1. The lowest BCUT2D eigenvalue weighted by Gasteiger charge is -2.17. The van der Waals surface area contributed by atoms with E-state index < -0.39 is 6.61 Å². The van der Waals surface area contributed by atoms with Crippen molar-refractivity contribution in [3.63, 3.8) is 0 Å². The first-order chi connectivity index (χ1) is 9.95. The first-order valence-corrected chi connectivity index (χ1v) is 6.29. The van der Waals surface area contributed by atoms with E-state index in [1.165, 1.54) is 30.3 Å². The van der Waals surface area contributed by atoms with Gasteiger partial charge < -0.3 is 20.3 Å². The number of halogens is 2. The van der Waals surface area contributed by atoms with Gasteiger partial charge in [-0.05, 0) is 37.3 Å². The monoisotopic (exact) mass is 295 g/mol. The maximum absolute atomic E-state index is 12.2. The molecule has 1 unspecified atom stereocenters. The molecular formula is C15H15F2NO3. The third kappa shape index (κ3) is 3.98. The minimum absolute atomic E-state index is 0.0336. The highest BCUT2D eigenvalue weighted by Crippen LogP contribution is 2.30. The van der Waals surface area contributed by atoms with Crippen molar-refractivity contribution in [1.82, 2.24) is 0 Å².